The summed E-state index contributed by atoms with van der Waals surface area (Å²) in [6.07, 6.45) is 1.40. The van der Waals surface area contributed by atoms with Crippen LogP contribution in [0.5, 0.6) is 11.5 Å². The number of rotatable bonds is 10. The van der Waals surface area contributed by atoms with Crippen molar-refractivity contribution in [3.05, 3.63) is 71.8 Å². The van der Waals surface area contributed by atoms with E-state index >= 15 is 0 Å². The molecule has 1 aromatic heterocycles. The van der Waals surface area contributed by atoms with Crippen LogP contribution in [-0.4, -0.2) is 84.4 Å². The number of benzene rings is 3. The van der Waals surface area contributed by atoms with Gasteiger partial charge < -0.3 is 14.2 Å². The van der Waals surface area contributed by atoms with E-state index < -0.39 is 10.0 Å². The number of hydrogen-bond acceptors (Lipinski definition) is 9. The number of anilines is 2. The lowest BCUT2D eigenvalue weighted by Gasteiger charge is -2.27. The first-order chi connectivity index (χ1) is 20.9. The van der Waals surface area contributed by atoms with Gasteiger partial charge in [-0.2, -0.15) is 0 Å². The minimum absolute atomic E-state index is 0. The third-order valence-corrected chi connectivity index (χ3v) is 10.8. The molecule has 2 aliphatic heterocycles. The lowest BCUT2D eigenvalue weighted by Crippen LogP contribution is -2.39. The highest BCUT2D eigenvalue weighted by Crippen LogP contribution is 2.40. The Bertz CT molecular complexity index is 1680. The Hall–Kier alpha value is -3.42. The fourth-order valence-electron chi connectivity index (χ4n) is 5.56. The Kier molecular flexibility index (Phi) is 9.96. The van der Waals surface area contributed by atoms with E-state index in [1.165, 1.54) is 27.8 Å². The van der Waals surface area contributed by atoms with Crippen molar-refractivity contribution < 1.29 is 27.4 Å². The van der Waals surface area contributed by atoms with Crippen molar-refractivity contribution in [3.63, 3.8) is 0 Å². The number of nitrogens with zero attached hydrogens (tertiary/aromatic N) is 4. The summed E-state index contributed by atoms with van der Waals surface area (Å²) in [7, 11) is -0.587. The standard InChI is InChI=1S/C31H34N4O6S2.ClH/c1-39-26-12-13-27(40-2)29-28(26)32-31(42-29)34(16-5-15-33-18-20-41-21-19-33)30(36)23-8-10-24(11-9-23)43(37,38)35-17-14-22-6-3-4-7-25(22)35;/h3-4,6-13H,5,14-21H2,1-2H3;1H. The first-order valence-corrected chi connectivity index (χ1v) is 16.5. The van der Waals surface area contributed by atoms with Crippen molar-refractivity contribution in [2.24, 2.45) is 0 Å². The average Bonchev–Trinajstić information content (AvgIpc) is 3.69. The lowest BCUT2D eigenvalue weighted by molar-refractivity contribution is 0.0376. The normalized spacial score (nSPS) is 15.1. The SMILES string of the molecule is COc1ccc(OC)c2sc(N(CCCN3CCOCC3)C(=O)c3ccc(S(=O)(=O)N4CCc5ccccc54)cc3)nc12.Cl. The molecule has 1 saturated heterocycles. The predicted octanol–water partition coefficient (Wildman–Crippen LogP) is 4.86. The summed E-state index contributed by atoms with van der Waals surface area (Å²) in [6.45, 7) is 4.78. The van der Waals surface area contributed by atoms with Gasteiger partial charge in [-0.25, -0.2) is 13.4 Å². The van der Waals surface area contributed by atoms with Crippen molar-refractivity contribution >= 4 is 60.7 Å². The Labute approximate surface area is 267 Å². The van der Waals surface area contributed by atoms with Gasteiger partial charge in [0, 0.05) is 38.3 Å². The van der Waals surface area contributed by atoms with Crippen LogP contribution >= 0.6 is 23.7 Å². The van der Waals surface area contributed by atoms with Crippen LogP contribution in [0.15, 0.2) is 65.6 Å². The molecule has 0 aliphatic carbocycles. The van der Waals surface area contributed by atoms with Crippen LogP contribution < -0.4 is 18.7 Å². The molecule has 6 rings (SSSR count). The lowest BCUT2D eigenvalue weighted by atomic mass is 10.2. The molecule has 1 amide bonds. The number of carbonyl (C=O) groups excluding carboxylic acids is 1. The van der Waals surface area contributed by atoms with E-state index in [0.717, 1.165) is 36.3 Å². The Morgan fingerprint density at radius 3 is 2.41 bits per heavy atom. The topological polar surface area (TPSA) is 102 Å². The maximum Gasteiger partial charge on any atom is 0.264 e. The molecule has 0 unspecified atom stereocenters. The summed E-state index contributed by atoms with van der Waals surface area (Å²) in [5.74, 6) is 0.991. The molecule has 44 heavy (non-hydrogen) atoms. The van der Waals surface area contributed by atoms with Crippen molar-refractivity contribution in [2.45, 2.75) is 17.7 Å². The van der Waals surface area contributed by atoms with Crippen molar-refractivity contribution in [1.82, 2.24) is 9.88 Å². The van der Waals surface area contributed by atoms with Gasteiger partial charge in [0.25, 0.3) is 15.9 Å². The van der Waals surface area contributed by atoms with Gasteiger partial charge in [-0.15, -0.1) is 12.4 Å². The number of fused-ring (bicyclic) bond motifs is 2. The molecular formula is C31H35ClN4O6S2. The molecule has 234 valence electrons. The van der Waals surface area contributed by atoms with Crippen LogP contribution in [0.2, 0.25) is 0 Å². The molecule has 4 aromatic rings. The molecule has 0 spiro atoms. The summed E-state index contributed by atoms with van der Waals surface area (Å²) >= 11 is 1.37. The molecule has 13 heteroatoms. The van der Waals surface area contributed by atoms with Gasteiger partial charge in [0.1, 0.15) is 21.7 Å². The number of morpholine rings is 1. The first-order valence-electron chi connectivity index (χ1n) is 14.2. The zero-order valence-electron chi connectivity index (χ0n) is 24.6. The van der Waals surface area contributed by atoms with E-state index in [-0.39, 0.29) is 23.2 Å². The second kappa shape index (κ2) is 13.7. The van der Waals surface area contributed by atoms with Crippen LogP contribution in [0.3, 0.4) is 0 Å². The smallest absolute Gasteiger partial charge is 0.264 e. The molecule has 0 bridgehead atoms. The number of methoxy groups -OCH3 is 2. The molecule has 0 atom stereocenters. The summed E-state index contributed by atoms with van der Waals surface area (Å²) in [4.78, 5) is 23.0. The zero-order valence-corrected chi connectivity index (χ0v) is 27.1. The van der Waals surface area contributed by atoms with E-state index in [4.69, 9.17) is 19.2 Å². The number of para-hydroxylation sites is 1. The van der Waals surface area contributed by atoms with Crippen molar-refractivity contribution in [1.29, 1.82) is 0 Å². The van der Waals surface area contributed by atoms with Crippen LogP contribution in [0.4, 0.5) is 10.8 Å². The predicted molar refractivity (Wildman–Crippen MR) is 175 cm³/mol. The molecule has 0 radical (unpaired) electrons. The molecule has 0 saturated carbocycles. The maximum atomic E-state index is 14.0. The molecule has 1 fully saturated rings. The highest BCUT2D eigenvalue weighted by molar-refractivity contribution is 7.92. The second-order valence-electron chi connectivity index (χ2n) is 10.4. The van der Waals surface area contributed by atoms with E-state index in [2.05, 4.69) is 4.90 Å². The van der Waals surface area contributed by atoms with Crippen molar-refractivity contribution in [2.75, 3.05) is 69.4 Å². The third-order valence-electron chi connectivity index (χ3n) is 7.87. The highest BCUT2D eigenvalue weighted by Gasteiger charge is 2.31. The Balaban J connectivity index is 0.00000384. The van der Waals surface area contributed by atoms with E-state index in [0.29, 0.717) is 66.1 Å². The number of hydrogen-bond donors (Lipinski definition) is 0. The van der Waals surface area contributed by atoms with Gasteiger partial charge in [-0.1, -0.05) is 29.5 Å². The largest absolute Gasteiger partial charge is 0.495 e. The number of amides is 1. The van der Waals surface area contributed by atoms with E-state index in [9.17, 15) is 13.2 Å². The number of ether oxygens (including phenoxy) is 3. The Morgan fingerprint density at radius 1 is 0.977 bits per heavy atom. The zero-order chi connectivity index (χ0) is 30.0. The molecule has 0 N–H and O–H groups in total. The van der Waals surface area contributed by atoms with Gasteiger partial charge in [-0.05, 0) is 60.9 Å². The van der Waals surface area contributed by atoms with Gasteiger partial charge in [0.15, 0.2) is 5.13 Å². The van der Waals surface area contributed by atoms with E-state index in [1.54, 1.807) is 37.3 Å². The molecule has 10 nitrogen and oxygen atoms in total. The number of halogens is 1. The van der Waals surface area contributed by atoms with Crippen molar-refractivity contribution in [3.8, 4) is 11.5 Å². The van der Waals surface area contributed by atoms with Gasteiger partial charge in [-0.3, -0.25) is 18.9 Å². The third kappa shape index (κ3) is 6.22. The van der Waals surface area contributed by atoms with Crippen LogP contribution in [0, 0.1) is 0 Å². The quantitative estimate of drug-likeness (QED) is 0.238. The fraction of sp³-hybridized carbons (Fsp3) is 0.355. The summed E-state index contributed by atoms with van der Waals surface area (Å²) < 4.78 is 45.9. The van der Waals surface area contributed by atoms with Crippen LogP contribution in [-0.2, 0) is 21.2 Å². The van der Waals surface area contributed by atoms with E-state index in [1.807, 2.05) is 30.3 Å². The minimum Gasteiger partial charge on any atom is -0.495 e. The average molecular weight is 659 g/mol. The monoisotopic (exact) mass is 658 g/mol. The molecule has 3 aromatic carbocycles. The van der Waals surface area contributed by atoms with Gasteiger partial charge >= 0.3 is 0 Å². The van der Waals surface area contributed by atoms with Crippen LogP contribution in [0.25, 0.3) is 10.2 Å². The number of thiazole rings is 1. The number of aromatic nitrogens is 1. The Morgan fingerprint density at radius 2 is 1.68 bits per heavy atom. The van der Waals surface area contributed by atoms with Crippen LogP contribution in [0.1, 0.15) is 22.3 Å². The summed E-state index contributed by atoms with van der Waals surface area (Å²) in [6, 6.07) is 17.4. The van der Waals surface area contributed by atoms with Gasteiger partial charge in [0.2, 0.25) is 0 Å². The number of sulfonamides is 1. The highest BCUT2D eigenvalue weighted by atomic mass is 35.5. The van der Waals surface area contributed by atoms with Gasteiger partial charge in [0.05, 0.1) is 38.0 Å². The first kappa shape index (κ1) is 32.0. The summed E-state index contributed by atoms with van der Waals surface area (Å²) in [5.41, 5.74) is 2.72. The minimum atomic E-state index is -3.77. The summed E-state index contributed by atoms with van der Waals surface area (Å²) in [5, 5.41) is 0.523. The molecular weight excluding hydrogens is 624 g/mol. The fourth-order valence-corrected chi connectivity index (χ4v) is 8.16. The molecule has 2 aliphatic rings. The molecule has 3 heterocycles. The number of carbonyl (C=O) groups is 1. The second-order valence-corrected chi connectivity index (χ2v) is 13.2. The maximum absolute atomic E-state index is 14.0.